The van der Waals surface area contributed by atoms with Crippen LogP contribution in [0.2, 0.25) is 0 Å². The van der Waals surface area contributed by atoms with Crippen molar-refractivity contribution < 1.29 is 14.3 Å². The van der Waals surface area contributed by atoms with Gasteiger partial charge in [-0.05, 0) is 12.1 Å². The lowest BCUT2D eigenvalue weighted by molar-refractivity contribution is -0.364. The topological polar surface area (TPSA) is 104 Å². The van der Waals surface area contributed by atoms with Gasteiger partial charge in [0.25, 0.3) is 11.7 Å². The van der Waals surface area contributed by atoms with Crippen LogP contribution in [-0.4, -0.2) is 43.3 Å². The molecule has 2 amide bonds. The second kappa shape index (κ2) is 5.91. The predicted octanol–water partition coefficient (Wildman–Crippen LogP) is 2.19. The maximum atomic E-state index is 13.5. The monoisotopic (exact) mass is 403 g/mol. The third-order valence-electron chi connectivity index (χ3n) is 6.64. The standard InChI is InChI=1S/C22H21N5O3/c1-4-21(2,3)22-10-17-18(28)25-15(9-13-11-23-12-24-13)19(29)26(17)20(22)27(30)16-8-6-5-7-14(16)22/h4-9,11-12,17H,1,10H2,2-3H3,(H,23,24)(H,25,28)/b15-9+. The van der Waals surface area contributed by atoms with Crippen molar-refractivity contribution in [2.45, 2.75) is 31.7 Å². The molecule has 4 heterocycles. The fourth-order valence-electron chi connectivity index (χ4n) is 4.97. The van der Waals surface area contributed by atoms with E-state index in [4.69, 9.17) is 0 Å². The highest BCUT2D eigenvalue weighted by atomic mass is 16.5. The molecule has 0 radical (unpaired) electrons. The molecule has 2 N–H and O–H groups in total. The van der Waals surface area contributed by atoms with E-state index in [9.17, 15) is 14.8 Å². The van der Waals surface area contributed by atoms with Crippen LogP contribution in [0.4, 0.5) is 5.69 Å². The third kappa shape index (κ3) is 2.10. The minimum absolute atomic E-state index is 0.101. The summed E-state index contributed by atoms with van der Waals surface area (Å²) in [6.07, 6.45) is 6.67. The van der Waals surface area contributed by atoms with Gasteiger partial charge >= 0.3 is 5.91 Å². The molecule has 0 spiro atoms. The second-order valence-corrected chi connectivity index (χ2v) is 8.42. The molecule has 2 unspecified atom stereocenters. The number of carbonyl (C=O) groups is 2. The fraction of sp³-hybridized carbons (Fsp3) is 0.273. The van der Waals surface area contributed by atoms with Crippen molar-refractivity contribution in [3.8, 4) is 0 Å². The number of hydrogen-bond acceptors (Lipinski definition) is 4. The van der Waals surface area contributed by atoms with E-state index in [2.05, 4.69) is 21.9 Å². The molecule has 0 bridgehead atoms. The summed E-state index contributed by atoms with van der Waals surface area (Å²) >= 11 is 0. The number of nitrogens with one attached hydrogen (secondary N) is 2. The van der Waals surface area contributed by atoms with Crippen molar-refractivity contribution in [3.63, 3.8) is 0 Å². The van der Waals surface area contributed by atoms with Crippen molar-refractivity contribution in [2.75, 3.05) is 0 Å². The number of benzene rings is 1. The van der Waals surface area contributed by atoms with Gasteiger partial charge in [0.1, 0.15) is 16.8 Å². The van der Waals surface area contributed by atoms with Gasteiger partial charge in [0.15, 0.2) is 6.04 Å². The van der Waals surface area contributed by atoms with Crippen molar-refractivity contribution in [1.82, 2.24) is 20.2 Å². The molecule has 3 aliphatic rings. The number of carbonyl (C=O) groups excluding carboxylic acids is 2. The number of aromatic nitrogens is 2. The highest BCUT2D eigenvalue weighted by Gasteiger charge is 2.71. The van der Waals surface area contributed by atoms with Gasteiger partial charge in [-0.1, -0.05) is 38.1 Å². The summed E-state index contributed by atoms with van der Waals surface area (Å²) in [5.74, 6) is -0.444. The van der Waals surface area contributed by atoms with E-state index in [0.717, 1.165) is 10.3 Å². The first kappa shape index (κ1) is 18.4. The number of fused-ring (bicyclic) bond motifs is 5. The number of allylic oxidation sites excluding steroid dienone is 1. The van der Waals surface area contributed by atoms with Crippen molar-refractivity contribution >= 4 is 29.4 Å². The Hall–Kier alpha value is -3.68. The molecule has 3 aliphatic heterocycles. The van der Waals surface area contributed by atoms with Gasteiger partial charge in [0.05, 0.1) is 18.2 Å². The maximum absolute atomic E-state index is 13.5. The van der Waals surface area contributed by atoms with Crippen LogP contribution in [0.1, 0.15) is 31.5 Å². The summed E-state index contributed by atoms with van der Waals surface area (Å²) in [5.41, 5.74) is 0.571. The van der Waals surface area contributed by atoms with Crippen LogP contribution in [0.5, 0.6) is 0 Å². The molecule has 0 aliphatic carbocycles. The number of amides is 2. The zero-order valence-corrected chi connectivity index (χ0v) is 16.7. The molecule has 8 nitrogen and oxygen atoms in total. The van der Waals surface area contributed by atoms with Crippen LogP contribution >= 0.6 is 0 Å². The molecule has 2 fully saturated rings. The molecule has 2 aromatic rings. The van der Waals surface area contributed by atoms with E-state index in [1.54, 1.807) is 24.4 Å². The van der Waals surface area contributed by atoms with Crippen LogP contribution in [0.25, 0.3) is 6.08 Å². The first-order valence-electron chi connectivity index (χ1n) is 9.74. The van der Waals surface area contributed by atoms with Gasteiger partial charge in [-0.2, -0.15) is 4.90 Å². The molecule has 0 saturated carbocycles. The Morgan fingerprint density at radius 3 is 2.83 bits per heavy atom. The number of para-hydroxylation sites is 1. The summed E-state index contributed by atoms with van der Waals surface area (Å²) in [6.45, 7) is 7.96. The Bertz CT molecular complexity index is 1160. The lowest BCUT2D eigenvalue weighted by Gasteiger charge is -2.37. The summed E-state index contributed by atoms with van der Waals surface area (Å²) in [6, 6.07) is 6.56. The Kier molecular flexibility index (Phi) is 3.62. The summed E-state index contributed by atoms with van der Waals surface area (Å²) in [5, 5.41) is 16.2. The van der Waals surface area contributed by atoms with Gasteiger partial charge in [-0.25, -0.2) is 14.5 Å². The minimum atomic E-state index is -0.839. The number of piperazine rings is 1. The van der Waals surface area contributed by atoms with E-state index in [0.29, 0.717) is 17.8 Å². The Labute approximate surface area is 173 Å². The largest absolute Gasteiger partial charge is 0.710 e. The zero-order valence-electron chi connectivity index (χ0n) is 16.7. The van der Waals surface area contributed by atoms with Crippen molar-refractivity contribution in [2.24, 2.45) is 5.41 Å². The van der Waals surface area contributed by atoms with Gasteiger partial charge in [-0.3, -0.25) is 4.79 Å². The van der Waals surface area contributed by atoms with E-state index < -0.39 is 22.8 Å². The lowest BCUT2D eigenvalue weighted by Crippen LogP contribution is -2.57. The smallest absolute Gasteiger partial charge is 0.358 e. The maximum Gasteiger partial charge on any atom is 0.358 e. The fourth-order valence-corrected chi connectivity index (χ4v) is 4.97. The average molecular weight is 403 g/mol. The molecule has 30 heavy (non-hydrogen) atoms. The highest BCUT2D eigenvalue weighted by molar-refractivity contribution is 6.19. The molecular weight excluding hydrogens is 382 g/mol. The summed E-state index contributed by atoms with van der Waals surface area (Å²) < 4.78 is 0.810. The van der Waals surface area contributed by atoms with Gasteiger partial charge in [-0.15, -0.1) is 6.58 Å². The van der Waals surface area contributed by atoms with E-state index >= 15 is 0 Å². The van der Waals surface area contributed by atoms with E-state index in [1.807, 2.05) is 26.0 Å². The number of nitrogens with zero attached hydrogens (tertiary/aromatic N) is 3. The number of H-pyrrole nitrogens is 1. The quantitative estimate of drug-likeness (QED) is 0.355. The van der Waals surface area contributed by atoms with E-state index in [-0.39, 0.29) is 17.4 Å². The number of imidazole rings is 1. The minimum Gasteiger partial charge on any atom is -0.710 e. The molecule has 2 saturated heterocycles. The molecule has 5 rings (SSSR count). The first-order valence-corrected chi connectivity index (χ1v) is 9.74. The van der Waals surface area contributed by atoms with Crippen LogP contribution < -0.4 is 5.32 Å². The molecule has 2 atom stereocenters. The Morgan fingerprint density at radius 1 is 1.37 bits per heavy atom. The molecule has 1 aromatic heterocycles. The number of aromatic amines is 1. The third-order valence-corrected chi connectivity index (χ3v) is 6.64. The summed E-state index contributed by atoms with van der Waals surface area (Å²) in [7, 11) is 0. The van der Waals surface area contributed by atoms with Gasteiger partial charge < -0.3 is 15.5 Å². The van der Waals surface area contributed by atoms with Crippen molar-refractivity contribution in [3.05, 3.63) is 71.6 Å². The lowest BCUT2D eigenvalue weighted by atomic mass is 9.60. The molecule has 8 heteroatoms. The van der Waals surface area contributed by atoms with E-state index in [1.165, 1.54) is 17.3 Å². The normalized spacial score (nSPS) is 26.5. The molecule has 1 aromatic carbocycles. The number of rotatable bonds is 3. The molecular formula is C22H21N5O3. The van der Waals surface area contributed by atoms with Crippen LogP contribution in [0.15, 0.2) is 55.1 Å². The van der Waals surface area contributed by atoms with Crippen LogP contribution in [-0.2, 0) is 15.0 Å². The van der Waals surface area contributed by atoms with Gasteiger partial charge in [0, 0.05) is 17.4 Å². The molecule has 152 valence electrons. The van der Waals surface area contributed by atoms with Crippen LogP contribution in [0, 0.1) is 10.6 Å². The zero-order chi connectivity index (χ0) is 21.3. The summed E-state index contributed by atoms with van der Waals surface area (Å²) in [4.78, 5) is 34.7. The first-order chi connectivity index (χ1) is 14.3. The highest BCUT2D eigenvalue weighted by Crippen LogP contribution is 2.58. The van der Waals surface area contributed by atoms with Crippen LogP contribution in [0.3, 0.4) is 0 Å². The number of hydrogen-bond donors (Lipinski definition) is 2. The Morgan fingerprint density at radius 2 is 2.13 bits per heavy atom. The number of amidine groups is 1. The predicted molar refractivity (Wildman–Crippen MR) is 110 cm³/mol. The van der Waals surface area contributed by atoms with Crippen molar-refractivity contribution in [1.29, 1.82) is 0 Å². The second-order valence-electron chi connectivity index (χ2n) is 8.42. The average Bonchev–Trinajstić information content (AvgIpc) is 3.42. The SMILES string of the molecule is C=CC(C)(C)C12CC3C(=O)N/C(=C/c4cnc[nH]4)C(=O)N3C1=[N+]([O-])c1ccccc12. The Balaban J connectivity index is 1.73. The van der Waals surface area contributed by atoms with Gasteiger partial charge in [0.2, 0.25) is 0 Å².